The highest BCUT2D eigenvalue weighted by atomic mass is 35.5. The van der Waals surface area contributed by atoms with Gasteiger partial charge in [-0.15, -0.1) is 11.6 Å². The lowest BCUT2D eigenvalue weighted by Crippen LogP contribution is -2.46. The summed E-state index contributed by atoms with van der Waals surface area (Å²) in [5, 5.41) is 5.09. The van der Waals surface area contributed by atoms with Crippen molar-refractivity contribution in [1.29, 1.82) is 0 Å². The van der Waals surface area contributed by atoms with E-state index in [1.54, 1.807) is 32.0 Å². The fourth-order valence-electron chi connectivity index (χ4n) is 1.25. The monoisotopic (exact) mass is 300 g/mol. The minimum Gasteiger partial charge on any atom is -0.453 e. The zero-order valence-electron chi connectivity index (χ0n) is 11.5. The van der Waals surface area contributed by atoms with E-state index in [1.165, 1.54) is 13.2 Å². The molecule has 1 aromatic rings. The van der Waals surface area contributed by atoms with E-state index in [9.17, 15) is 9.59 Å². The van der Waals surface area contributed by atoms with Gasteiger partial charge in [0.2, 0.25) is 0 Å². The molecule has 1 rings (SSSR count). The summed E-state index contributed by atoms with van der Waals surface area (Å²) >= 11 is 5.71. The van der Waals surface area contributed by atoms with Crippen molar-refractivity contribution in [3.63, 3.8) is 0 Å². The van der Waals surface area contributed by atoms with Gasteiger partial charge in [0.15, 0.2) is 0 Å². The first-order valence-electron chi connectivity index (χ1n) is 5.87. The number of alkyl halides is 1. The number of benzene rings is 1. The Bertz CT molecular complexity index is 491. The Hall–Kier alpha value is -1.95. The summed E-state index contributed by atoms with van der Waals surface area (Å²) in [7, 11) is 1.26. The molecule has 0 saturated heterocycles. The van der Waals surface area contributed by atoms with Crippen molar-refractivity contribution in [3.8, 4) is 5.75 Å². The summed E-state index contributed by atoms with van der Waals surface area (Å²) in [6.07, 6.45) is -1.22. The molecule has 0 aliphatic rings. The molecule has 2 N–H and O–H groups in total. The normalized spacial score (nSPS) is 10.6. The number of hydrogen-bond donors (Lipinski definition) is 2. The second kappa shape index (κ2) is 7.00. The lowest BCUT2D eigenvalue weighted by molar-refractivity contribution is 0.187. The van der Waals surface area contributed by atoms with Crippen molar-refractivity contribution in [2.75, 3.05) is 18.3 Å². The molecule has 1 aromatic carbocycles. The maximum atomic E-state index is 11.7. The van der Waals surface area contributed by atoms with E-state index >= 15 is 0 Å². The van der Waals surface area contributed by atoms with Crippen molar-refractivity contribution in [1.82, 2.24) is 5.32 Å². The Labute approximate surface area is 122 Å². The van der Waals surface area contributed by atoms with E-state index in [0.29, 0.717) is 11.4 Å². The number of amides is 2. The first-order valence-corrected chi connectivity index (χ1v) is 6.41. The molecule has 0 radical (unpaired) electrons. The summed E-state index contributed by atoms with van der Waals surface area (Å²) in [6.45, 7) is 3.55. The van der Waals surface area contributed by atoms with Gasteiger partial charge in [0.1, 0.15) is 5.75 Å². The Kier molecular flexibility index (Phi) is 5.64. The first kappa shape index (κ1) is 16.1. The van der Waals surface area contributed by atoms with Crippen molar-refractivity contribution in [2.45, 2.75) is 19.4 Å². The standard InChI is InChI=1S/C13H17ClN2O4/c1-13(2,8-14)16-12(18)20-10-6-4-5-9(7-10)15-11(17)19-3/h4-7H,8H2,1-3H3,(H,15,17)(H,16,18). The number of hydrogen-bond acceptors (Lipinski definition) is 4. The summed E-state index contributed by atoms with van der Waals surface area (Å²) in [5.74, 6) is 0.549. The summed E-state index contributed by atoms with van der Waals surface area (Å²) in [5.41, 5.74) is -0.112. The molecule has 0 atom stereocenters. The molecular weight excluding hydrogens is 284 g/mol. The summed E-state index contributed by atoms with van der Waals surface area (Å²) in [4.78, 5) is 22.7. The number of carbonyl (C=O) groups is 2. The van der Waals surface area contributed by atoms with E-state index in [0.717, 1.165) is 0 Å². The van der Waals surface area contributed by atoms with Gasteiger partial charge in [0.05, 0.1) is 12.6 Å². The quantitative estimate of drug-likeness (QED) is 0.838. The van der Waals surface area contributed by atoms with Crippen molar-refractivity contribution in [3.05, 3.63) is 24.3 Å². The number of ether oxygens (including phenoxy) is 2. The predicted octanol–water partition coefficient (Wildman–Crippen LogP) is 2.97. The fraction of sp³-hybridized carbons (Fsp3) is 0.385. The minimum absolute atomic E-state index is 0.256. The van der Waals surface area contributed by atoms with Crippen LogP contribution in [-0.4, -0.2) is 30.7 Å². The highest BCUT2D eigenvalue weighted by molar-refractivity contribution is 6.18. The number of carbonyl (C=O) groups excluding carboxylic acids is 2. The highest BCUT2D eigenvalue weighted by Crippen LogP contribution is 2.18. The van der Waals surface area contributed by atoms with Crippen LogP contribution in [0.3, 0.4) is 0 Å². The Balaban J connectivity index is 2.66. The van der Waals surface area contributed by atoms with Crippen LogP contribution in [0.5, 0.6) is 5.75 Å². The maximum Gasteiger partial charge on any atom is 0.413 e. The lowest BCUT2D eigenvalue weighted by Gasteiger charge is -2.22. The second-order valence-electron chi connectivity index (χ2n) is 4.68. The molecule has 20 heavy (non-hydrogen) atoms. The van der Waals surface area contributed by atoms with Crippen molar-refractivity contribution >= 4 is 29.5 Å². The number of halogens is 1. The van der Waals surface area contributed by atoms with Crippen LogP contribution in [-0.2, 0) is 4.74 Å². The van der Waals surface area contributed by atoms with Crippen LogP contribution in [0.2, 0.25) is 0 Å². The molecule has 2 amide bonds. The third-order valence-corrected chi connectivity index (χ3v) is 2.92. The number of methoxy groups -OCH3 is 1. The summed E-state index contributed by atoms with van der Waals surface area (Å²) in [6, 6.07) is 6.38. The molecule has 110 valence electrons. The molecular formula is C13H17ClN2O4. The number of anilines is 1. The lowest BCUT2D eigenvalue weighted by atomic mass is 10.1. The van der Waals surface area contributed by atoms with Gasteiger partial charge in [0, 0.05) is 17.6 Å². The van der Waals surface area contributed by atoms with Crippen LogP contribution in [0.25, 0.3) is 0 Å². The van der Waals surface area contributed by atoms with Crippen LogP contribution >= 0.6 is 11.6 Å². The van der Waals surface area contributed by atoms with Gasteiger partial charge in [-0.2, -0.15) is 0 Å². The van der Waals surface area contributed by atoms with Gasteiger partial charge in [0.25, 0.3) is 0 Å². The van der Waals surface area contributed by atoms with Gasteiger partial charge >= 0.3 is 12.2 Å². The molecule has 0 unspecified atom stereocenters. The molecule has 0 heterocycles. The Morgan fingerprint density at radius 2 is 2.00 bits per heavy atom. The average molecular weight is 301 g/mol. The predicted molar refractivity (Wildman–Crippen MR) is 76.4 cm³/mol. The molecule has 7 heteroatoms. The van der Waals surface area contributed by atoms with Gasteiger partial charge in [-0.25, -0.2) is 9.59 Å². The fourth-order valence-corrected chi connectivity index (χ4v) is 1.32. The van der Waals surface area contributed by atoms with Gasteiger partial charge in [-0.3, -0.25) is 5.32 Å². The molecule has 0 spiro atoms. The topological polar surface area (TPSA) is 76.7 Å². The number of nitrogens with one attached hydrogen (secondary N) is 2. The average Bonchev–Trinajstić information content (AvgIpc) is 2.38. The molecule has 0 bridgehead atoms. The number of rotatable bonds is 4. The zero-order valence-corrected chi connectivity index (χ0v) is 12.3. The largest absolute Gasteiger partial charge is 0.453 e. The van der Waals surface area contributed by atoms with E-state index < -0.39 is 17.7 Å². The smallest absolute Gasteiger partial charge is 0.413 e. The molecule has 0 aromatic heterocycles. The van der Waals surface area contributed by atoms with Gasteiger partial charge in [-0.1, -0.05) is 6.07 Å². The Morgan fingerprint density at radius 3 is 2.60 bits per heavy atom. The molecule has 0 aliphatic carbocycles. The molecule has 6 nitrogen and oxygen atoms in total. The third kappa shape index (κ3) is 5.36. The second-order valence-corrected chi connectivity index (χ2v) is 4.94. The first-order chi connectivity index (χ1) is 9.36. The van der Waals surface area contributed by atoms with E-state index in [4.69, 9.17) is 16.3 Å². The third-order valence-electron chi connectivity index (χ3n) is 2.25. The van der Waals surface area contributed by atoms with E-state index in [2.05, 4.69) is 15.4 Å². The van der Waals surface area contributed by atoms with Crippen molar-refractivity contribution in [2.24, 2.45) is 0 Å². The summed E-state index contributed by atoms with van der Waals surface area (Å²) < 4.78 is 9.58. The van der Waals surface area contributed by atoms with Crippen molar-refractivity contribution < 1.29 is 19.1 Å². The molecule has 0 aliphatic heterocycles. The highest BCUT2D eigenvalue weighted by Gasteiger charge is 2.20. The van der Waals surface area contributed by atoms with Crippen LogP contribution in [0.15, 0.2) is 24.3 Å². The van der Waals surface area contributed by atoms with Gasteiger partial charge in [-0.05, 0) is 26.0 Å². The Morgan fingerprint density at radius 1 is 1.30 bits per heavy atom. The minimum atomic E-state index is -0.620. The molecule has 0 saturated carbocycles. The van der Waals surface area contributed by atoms with Crippen LogP contribution in [0, 0.1) is 0 Å². The van der Waals surface area contributed by atoms with Crippen LogP contribution in [0.1, 0.15) is 13.8 Å². The van der Waals surface area contributed by atoms with Gasteiger partial charge < -0.3 is 14.8 Å². The van der Waals surface area contributed by atoms with E-state index in [1.807, 2.05) is 0 Å². The van der Waals surface area contributed by atoms with Crippen LogP contribution in [0.4, 0.5) is 15.3 Å². The zero-order chi connectivity index (χ0) is 15.2. The van der Waals surface area contributed by atoms with Crippen LogP contribution < -0.4 is 15.4 Å². The molecule has 0 fully saturated rings. The maximum absolute atomic E-state index is 11.7. The van der Waals surface area contributed by atoms with E-state index in [-0.39, 0.29) is 5.88 Å². The SMILES string of the molecule is COC(=O)Nc1cccc(OC(=O)NC(C)(C)CCl)c1.